The summed E-state index contributed by atoms with van der Waals surface area (Å²) in [4.78, 5) is 7.71. The van der Waals surface area contributed by atoms with E-state index >= 15 is 0 Å². The molecule has 4 aliphatic heterocycles. The van der Waals surface area contributed by atoms with Gasteiger partial charge in [0.05, 0.1) is 0 Å². The van der Waals surface area contributed by atoms with Crippen LogP contribution in [0, 0.1) is 48.5 Å². The van der Waals surface area contributed by atoms with Gasteiger partial charge in [0.2, 0.25) is 0 Å². The van der Waals surface area contributed by atoms with E-state index in [0.29, 0.717) is 0 Å². The molecule has 11 rings (SSSR count). The summed E-state index contributed by atoms with van der Waals surface area (Å²) >= 11 is 0. The minimum Gasteiger partial charge on any atom is -0.312 e. The average molecular weight is 694 g/mol. The van der Waals surface area contributed by atoms with Crippen molar-refractivity contribution in [1.29, 1.82) is 0 Å². The van der Waals surface area contributed by atoms with E-state index in [1.807, 2.05) is 0 Å². The first kappa shape index (κ1) is 31.6. The Hall–Kier alpha value is -5.93. The molecule has 258 valence electrons. The van der Waals surface area contributed by atoms with Gasteiger partial charge < -0.3 is 14.7 Å². The van der Waals surface area contributed by atoms with Gasteiger partial charge in [0.15, 0.2) is 0 Å². The lowest BCUT2D eigenvalue weighted by molar-refractivity contribution is 1.22. The standard InChI is InChI=1S/C49H41B2N3/c1-28-8-14-35(15-9-28)52-41-18-12-30(3)20-37(41)50-39-22-32(5)23-40-49(39)54(45-26-33(6)24-43(52)47(45)50)46-27-34(7)25-44-48(46)51(40)38-21-31(4)13-19-42(38)53(44)36-16-10-29(2)11-17-36/h8-27H,1-7H3. The van der Waals surface area contributed by atoms with Crippen LogP contribution in [0.4, 0.5) is 51.2 Å². The second kappa shape index (κ2) is 11.1. The molecule has 5 heteroatoms. The van der Waals surface area contributed by atoms with Crippen LogP contribution in [0.25, 0.3) is 0 Å². The van der Waals surface area contributed by atoms with Gasteiger partial charge in [-0.3, -0.25) is 0 Å². The lowest BCUT2D eigenvalue weighted by Crippen LogP contribution is -2.68. The summed E-state index contributed by atoms with van der Waals surface area (Å²) in [5.74, 6) is 0. The number of anilines is 9. The minimum atomic E-state index is 0.104. The number of rotatable bonds is 2. The molecule has 0 spiro atoms. The molecule has 7 aromatic rings. The molecule has 4 aliphatic rings. The van der Waals surface area contributed by atoms with Gasteiger partial charge in [0.1, 0.15) is 0 Å². The second-order valence-corrected chi connectivity index (χ2v) is 16.4. The van der Waals surface area contributed by atoms with Gasteiger partial charge in [0.25, 0.3) is 13.4 Å². The normalized spacial score (nSPS) is 14.0. The summed E-state index contributed by atoms with van der Waals surface area (Å²) in [5.41, 5.74) is 28.7. The Balaban J connectivity index is 1.27. The van der Waals surface area contributed by atoms with E-state index < -0.39 is 0 Å². The van der Waals surface area contributed by atoms with E-state index in [-0.39, 0.29) is 13.4 Å². The molecule has 0 fully saturated rings. The Morgan fingerprint density at radius 3 is 1.04 bits per heavy atom. The number of fused-ring (bicyclic) bond motifs is 8. The first-order chi connectivity index (χ1) is 26.1. The Morgan fingerprint density at radius 2 is 0.630 bits per heavy atom. The quantitative estimate of drug-likeness (QED) is 0.168. The largest absolute Gasteiger partial charge is 0.312 e. The maximum absolute atomic E-state index is 2.66. The van der Waals surface area contributed by atoms with E-state index in [1.54, 1.807) is 0 Å². The topological polar surface area (TPSA) is 9.72 Å². The fourth-order valence-electron chi connectivity index (χ4n) is 10.1. The van der Waals surface area contributed by atoms with E-state index in [9.17, 15) is 0 Å². The predicted octanol–water partition coefficient (Wildman–Crippen LogP) is 8.54. The third-order valence-electron chi connectivity index (χ3n) is 12.3. The summed E-state index contributed by atoms with van der Waals surface area (Å²) in [6.45, 7) is 15.9. The molecule has 0 saturated carbocycles. The molecule has 54 heavy (non-hydrogen) atoms. The van der Waals surface area contributed by atoms with Gasteiger partial charge in [-0.2, -0.15) is 0 Å². The van der Waals surface area contributed by atoms with Gasteiger partial charge in [-0.15, -0.1) is 0 Å². The summed E-state index contributed by atoms with van der Waals surface area (Å²) in [5, 5.41) is 0. The van der Waals surface area contributed by atoms with Crippen LogP contribution in [0.5, 0.6) is 0 Å². The van der Waals surface area contributed by atoms with Crippen molar-refractivity contribution in [3.8, 4) is 0 Å². The van der Waals surface area contributed by atoms with Gasteiger partial charge in [-0.25, -0.2) is 0 Å². The molecular weight excluding hydrogens is 652 g/mol. The molecule has 0 amide bonds. The van der Waals surface area contributed by atoms with Crippen molar-refractivity contribution in [3.05, 3.63) is 160 Å². The summed E-state index contributed by atoms with van der Waals surface area (Å²) < 4.78 is 0. The molecule has 3 nitrogen and oxygen atoms in total. The zero-order valence-corrected chi connectivity index (χ0v) is 32.0. The average Bonchev–Trinajstić information content (AvgIpc) is 3.14. The van der Waals surface area contributed by atoms with Crippen molar-refractivity contribution in [1.82, 2.24) is 0 Å². The molecule has 0 atom stereocenters. The van der Waals surface area contributed by atoms with Crippen LogP contribution in [0.1, 0.15) is 38.9 Å². The summed E-state index contributed by atoms with van der Waals surface area (Å²) in [7, 11) is 0. The highest BCUT2D eigenvalue weighted by atomic mass is 15.2. The van der Waals surface area contributed by atoms with Crippen molar-refractivity contribution < 1.29 is 0 Å². The second-order valence-electron chi connectivity index (χ2n) is 16.4. The van der Waals surface area contributed by atoms with Crippen molar-refractivity contribution >= 4 is 97.4 Å². The Kier molecular flexibility index (Phi) is 6.46. The van der Waals surface area contributed by atoms with Crippen LogP contribution in [0.3, 0.4) is 0 Å². The number of hydrogen-bond donors (Lipinski definition) is 0. The maximum atomic E-state index is 2.66. The Morgan fingerprint density at radius 1 is 0.296 bits per heavy atom. The van der Waals surface area contributed by atoms with E-state index in [4.69, 9.17) is 0 Å². The van der Waals surface area contributed by atoms with Gasteiger partial charge >= 0.3 is 0 Å². The molecule has 4 heterocycles. The van der Waals surface area contributed by atoms with Crippen molar-refractivity contribution in [2.75, 3.05) is 14.7 Å². The molecule has 0 aliphatic carbocycles. The maximum Gasteiger partial charge on any atom is 0.252 e. The van der Waals surface area contributed by atoms with E-state index in [2.05, 4.69) is 184 Å². The van der Waals surface area contributed by atoms with Crippen molar-refractivity contribution in [2.45, 2.75) is 48.5 Å². The van der Waals surface area contributed by atoms with Gasteiger partial charge in [-0.1, -0.05) is 88.5 Å². The molecule has 7 aromatic carbocycles. The minimum absolute atomic E-state index is 0.104. The highest BCUT2D eigenvalue weighted by molar-refractivity contribution is 7.04. The summed E-state index contributed by atoms with van der Waals surface area (Å²) in [6, 6.07) is 47.1. The third kappa shape index (κ3) is 4.27. The zero-order chi connectivity index (χ0) is 36.7. The number of benzene rings is 7. The smallest absolute Gasteiger partial charge is 0.252 e. The van der Waals surface area contributed by atoms with E-state index in [1.165, 1.54) is 123 Å². The molecule has 0 bridgehead atoms. The third-order valence-corrected chi connectivity index (χ3v) is 12.3. The first-order valence-electron chi connectivity index (χ1n) is 19.3. The first-order valence-corrected chi connectivity index (χ1v) is 19.3. The predicted molar refractivity (Wildman–Crippen MR) is 233 cm³/mol. The van der Waals surface area contributed by atoms with Gasteiger partial charge in [-0.05, 0) is 153 Å². The molecular formula is C49H41B2N3. The van der Waals surface area contributed by atoms with E-state index in [0.717, 1.165) is 0 Å². The van der Waals surface area contributed by atoms with Crippen LogP contribution < -0.4 is 47.5 Å². The van der Waals surface area contributed by atoms with Crippen molar-refractivity contribution in [2.24, 2.45) is 0 Å². The van der Waals surface area contributed by atoms with Gasteiger partial charge in [0, 0.05) is 51.2 Å². The molecule has 0 saturated heterocycles. The van der Waals surface area contributed by atoms with Crippen LogP contribution in [0.15, 0.2) is 121 Å². The molecule has 0 N–H and O–H groups in total. The highest BCUT2D eigenvalue weighted by Gasteiger charge is 2.50. The lowest BCUT2D eigenvalue weighted by atomic mass is 9.29. The van der Waals surface area contributed by atoms with Crippen LogP contribution in [0.2, 0.25) is 0 Å². The number of hydrogen-bond acceptors (Lipinski definition) is 3. The SMILES string of the molecule is Cc1ccc(N2c3ccc(C)cc3B3c4cc(C)cc5c4N(c4cc(C)cc2c43)c2cc(C)cc3c2B5c2cc(C)ccc2N3c2ccc(C)cc2)cc1. The number of nitrogens with zero attached hydrogens (tertiary/aromatic N) is 3. The van der Waals surface area contributed by atoms with Crippen molar-refractivity contribution in [3.63, 3.8) is 0 Å². The molecule has 0 unspecified atom stereocenters. The Bertz CT molecular complexity index is 2580. The van der Waals surface area contributed by atoms with Crippen LogP contribution >= 0.6 is 0 Å². The monoisotopic (exact) mass is 693 g/mol. The number of aryl methyl sites for hydroxylation is 7. The molecule has 0 radical (unpaired) electrons. The highest BCUT2D eigenvalue weighted by Crippen LogP contribution is 2.48. The zero-order valence-electron chi connectivity index (χ0n) is 32.0. The summed E-state index contributed by atoms with van der Waals surface area (Å²) in [6.07, 6.45) is 0. The lowest BCUT2D eigenvalue weighted by Gasteiger charge is -2.50. The fraction of sp³-hybridized carbons (Fsp3) is 0.143. The Labute approximate surface area is 319 Å². The van der Waals surface area contributed by atoms with Crippen LogP contribution in [-0.2, 0) is 0 Å². The van der Waals surface area contributed by atoms with Crippen LogP contribution in [-0.4, -0.2) is 13.4 Å². The fourth-order valence-corrected chi connectivity index (χ4v) is 10.1. The molecule has 0 aromatic heterocycles.